The summed E-state index contributed by atoms with van der Waals surface area (Å²) in [5.74, 6) is 0.0727. The van der Waals surface area contributed by atoms with E-state index in [1.807, 2.05) is 41.7 Å². The number of alkyl halides is 3. The van der Waals surface area contributed by atoms with Crippen LogP contribution in [-0.2, 0) is 4.79 Å². The summed E-state index contributed by atoms with van der Waals surface area (Å²) in [6.07, 6.45) is -3.18. The minimum Gasteiger partial charge on any atom is -0.463 e. The molecule has 29 heavy (non-hydrogen) atoms. The monoisotopic (exact) mass is 405 g/mol. The molecule has 0 bridgehead atoms. The van der Waals surface area contributed by atoms with Gasteiger partial charge in [-0.2, -0.15) is 0 Å². The third-order valence-corrected chi connectivity index (χ3v) is 4.26. The summed E-state index contributed by atoms with van der Waals surface area (Å²) in [6.45, 7) is 1.75. The number of nitrogens with one attached hydrogen (secondary N) is 1. The molecule has 3 N–H and O–H groups in total. The summed E-state index contributed by atoms with van der Waals surface area (Å²) in [4.78, 5) is 12.6. The van der Waals surface area contributed by atoms with Gasteiger partial charge < -0.3 is 19.8 Å². The van der Waals surface area contributed by atoms with E-state index in [0.717, 1.165) is 17.7 Å². The predicted octanol–water partition coefficient (Wildman–Crippen LogP) is 3.86. The Morgan fingerprint density at radius 1 is 1.03 bits per heavy atom. The van der Waals surface area contributed by atoms with Crippen LogP contribution in [0, 0.1) is 0 Å². The average Bonchev–Trinajstić information content (AvgIpc) is 3.21. The highest BCUT2D eigenvalue weighted by atomic mass is 19.4. The number of ether oxygens (including phenoxy) is 1. The molecule has 2 atom stereocenters. The molecular formula is C21H20F3N2O3+. The lowest BCUT2D eigenvalue weighted by molar-refractivity contribution is -0.706. The van der Waals surface area contributed by atoms with E-state index in [1.165, 1.54) is 12.1 Å². The van der Waals surface area contributed by atoms with E-state index in [2.05, 4.69) is 10.1 Å². The number of nitrogens with two attached hydrogens (primary N) is 1. The SMILES string of the molecule is C[C@H]([NH2+][C@@H](c1ccccc1)c1ccco1)C(=O)Nc1ccc(OC(F)(F)F)cc1. The molecule has 0 fully saturated rings. The lowest BCUT2D eigenvalue weighted by Gasteiger charge is -2.19. The molecule has 1 aromatic heterocycles. The Hall–Kier alpha value is -3.26. The molecule has 0 saturated heterocycles. The molecule has 0 aliphatic rings. The van der Waals surface area contributed by atoms with Crippen LogP contribution in [0.25, 0.3) is 0 Å². The highest BCUT2D eigenvalue weighted by Gasteiger charge is 2.31. The molecule has 2 aromatic carbocycles. The fourth-order valence-corrected chi connectivity index (χ4v) is 2.87. The van der Waals surface area contributed by atoms with Gasteiger partial charge in [0.15, 0.2) is 17.8 Å². The molecule has 5 nitrogen and oxygen atoms in total. The van der Waals surface area contributed by atoms with E-state index in [0.29, 0.717) is 11.4 Å². The van der Waals surface area contributed by atoms with Gasteiger partial charge in [-0.05, 0) is 43.3 Å². The second-order valence-corrected chi connectivity index (χ2v) is 6.45. The predicted molar refractivity (Wildman–Crippen MR) is 100 cm³/mol. The number of amides is 1. The van der Waals surface area contributed by atoms with Gasteiger partial charge in [0, 0.05) is 11.3 Å². The van der Waals surface area contributed by atoms with Gasteiger partial charge in [0.25, 0.3) is 5.91 Å². The maximum atomic E-state index is 12.6. The van der Waals surface area contributed by atoms with Gasteiger partial charge >= 0.3 is 6.36 Å². The molecule has 1 heterocycles. The Morgan fingerprint density at radius 3 is 2.31 bits per heavy atom. The van der Waals surface area contributed by atoms with Crippen molar-refractivity contribution in [1.82, 2.24) is 0 Å². The fourth-order valence-electron chi connectivity index (χ4n) is 2.87. The molecule has 1 amide bonds. The average molecular weight is 405 g/mol. The van der Waals surface area contributed by atoms with Crippen molar-refractivity contribution in [3.63, 3.8) is 0 Å². The largest absolute Gasteiger partial charge is 0.573 e. The number of halogens is 3. The summed E-state index contributed by atoms with van der Waals surface area (Å²) in [7, 11) is 0. The molecular weight excluding hydrogens is 385 g/mol. The van der Waals surface area contributed by atoms with Crippen LogP contribution in [0.4, 0.5) is 18.9 Å². The molecule has 0 unspecified atom stereocenters. The first-order chi connectivity index (χ1) is 13.8. The van der Waals surface area contributed by atoms with Gasteiger partial charge in [0.05, 0.1) is 6.26 Å². The summed E-state index contributed by atoms with van der Waals surface area (Å²) in [5.41, 5.74) is 1.36. The fraction of sp³-hybridized carbons (Fsp3) is 0.190. The lowest BCUT2D eigenvalue weighted by Crippen LogP contribution is -2.92. The van der Waals surface area contributed by atoms with Gasteiger partial charge in [0.1, 0.15) is 5.75 Å². The van der Waals surface area contributed by atoms with E-state index in [-0.39, 0.29) is 17.7 Å². The Balaban J connectivity index is 1.66. The summed E-state index contributed by atoms with van der Waals surface area (Å²) in [5, 5.41) is 4.56. The van der Waals surface area contributed by atoms with E-state index < -0.39 is 12.4 Å². The summed E-state index contributed by atoms with van der Waals surface area (Å²) >= 11 is 0. The first-order valence-electron chi connectivity index (χ1n) is 8.92. The molecule has 0 spiro atoms. The van der Waals surface area contributed by atoms with Crippen LogP contribution in [0.15, 0.2) is 77.4 Å². The zero-order chi connectivity index (χ0) is 20.9. The van der Waals surface area contributed by atoms with Crippen LogP contribution in [0.5, 0.6) is 5.75 Å². The Kier molecular flexibility index (Phi) is 6.23. The number of carbonyl (C=O) groups is 1. The number of furan rings is 1. The van der Waals surface area contributed by atoms with E-state index >= 15 is 0 Å². The third kappa shape index (κ3) is 5.86. The van der Waals surface area contributed by atoms with Crippen molar-refractivity contribution < 1.29 is 32.4 Å². The van der Waals surface area contributed by atoms with Gasteiger partial charge in [-0.1, -0.05) is 30.3 Å². The maximum Gasteiger partial charge on any atom is 0.573 e. The van der Waals surface area contributed by atoms with Crippen molar-refractivity contribution in [2.45, 2.75) is 25.4 Å². The van der Waals surface area contributed by atoms with Gasteiger partial charge in [-0.3, -0.25) is 4.79 Å². The van der Waals surface area contributed by atoms with Crippen molar-refractivity contribution in [1.29, 1.82) is 0 Å². The van der Waals surface area contributed by atoms with Crippen LogP contribution in [-0.4, -0.2) is 18.3 Å². The zero-order valence-corrected chi connectivity index (χ0v) is 15.5. The number of carbonyl (C=O) groups excluding carboxylic acids is 1. The minimum atomic E-state index is -4.76. The van der Waals surface area contributed by atoms with E-state index in [1.54, 1.807) is 19.3 Å². The molecule has 0 aliphatic carbocycles. The van der Waals surface area contributed by atoms with Gasteiger partial charge in [-0.15, -0.1) is 13.2 Å². The first-order valence-corrected chi connectivity index (χ1v) is 8.92. The number of hydrogen-bond acceptors (Lipinski definition) is 3. The van der Waals surface area contributed by atoms with Crippen LogP contribution in [0.3, 0.4) is 0 Å². The molecule has 0 aliphatic heterocycles. The highest BCUT2D eigenvalue weighted by molar-refractivity contribution is 5.93. The number of rotatable bonds is 7. The van der Waals surface area contributed by atoms with Gasteiger partial charge in [-0.25, -0.2) is 0 Å². The second kappa shape index (κ2) is 8.83. The molecule has 0 radical (unpaired) electrons. The van der Waals surface area contributed by atoms with Crippen molar-refractivity contribution in [3.05, 3.63) is 84.3 Å². The van der Waals surface area contributed by atoms with E-state index in [4.69, 9.17) is 4.42 Å². The zero-order valence-electron chi connectivity index (χ0n) is 15.5. The van der Waals surface area contributed by atoms with Crippen molar-refractivity contribution >= 4 is 11.6 Å². The first kappa shape index (κ1) is 20.5. The Morgan fingerprint density at radius 2 is 1.72 bits per heavy atom. The summed E-state index contributed by atoms with van der Waals surface area (Å²) in [6, 6.07) is 17.6. The molecule has 3 aromatic rings. The van der Waals surface area contributed by atoms with Crippen molar-refractivity contribution in [3.8, 4) is 5.75 Å². The number of quaternary nitrogens is 1. The molecule has 152 valence electrons. The van der Waals surface area contributed by atoms with Crippen LogP contribution >= 0.6 is 0 Å². The minimum absolute atomic E-state index is 0.213. The molecule has 0 saturated carbocycles. The topological polar surface area (TPSA) is 68.1 Å². The summed E-state index contributed by atoms with van der Waals surface area (Å²) < 4.78 is 46.1. The van der Waals surface area contributed by atoms with Crippen LogP contribution in [0.2, 0.25) is 0 Å². The van der Waals surface area contributed by atoms with Crippen LogP contribution < -0.4 is 15.4 Å². The number of benzene rings is 2. The van der Waals surface area contributed by atoms with Crippen molar-refractivity contribution in [2.75, 3.05) is 5.32 Å². The lowest BCUT2D eigenvalue weighted by atomic mass is 10.0. The normalized spacial score (nSPS) is 13.5. The standard InChI is InChI=1S/C21H19F3N2O3/c1-14(20(27)26-16-9-11-17(12-10-16)29-21(22,23)24)25-19(18-8-5-13-28-18)15-6-3-2-4-7-15/h2-14,19,25H,1H3,(H,26,27)/p+1/t14-,19-/m0/s1. The molecule has 8 heteroatoms. The smallest absolute Gasteiger partial charge is 0.463 e. The van der Waals surface area contributed by atoms with Gasteiger partial charge in [0.2, 0.25) is 0 Å². The number of anilines is 1. The quantitative estimate of drug-likeness (QED) is 0.627. The Labute approximate surface area is 165 Å². The second-order valence-electron chi connectivity index (χ2n) is 6.45. The maximum absolute atomic E-state index is 12.6. The molecule has 3 rings (SSSR count). The Bertz CT molecular complexity index is 911. The van der Waals surface area contributed by atoms with E-state index in [9.17, 15) is 18.0 Å². The highest BCUT2D eigenvalue weighted by Crippen LogP contribution is 2.24. The third-order valence-electron chi connectivity index (χ3n) is 4.26. The van der Waals surface area contributed by atoms with Crippen LogP contribution in [0.1, 0.15) is 24.3 Å². The number of hydrogen-bond donors (Lipinski definition) is 2. The van der Waals surface area contributed by atoms with Crippen molar-refractivity contribution in [2.24, 2.45) is 0 Å².